The molecule has 0 amide bonds. The number of halogens is 8. The molecule has 0 spiro atoms. The van der Waals surface area contributed by atoms with E-state index in [1.165, 1.54) is 48.5 Å². The molecule has 0 fully saturated rings. The molecule has 0 saturated carbocycles. The number of nitrogen functional groups attached to an aromatic ring is 2. The van der Waals surface area contributed by atoms with Gasteiger partial charge in [0.25, 0.3) is 41.9 Å². The van der Waals surface area contributed by atoms with E-state index in [1.54, 1.807) is 33.8 Å². The lowest BCUT2D eigenvalue weighted by atomic mass is 9.92. The Morgan fingerprint density at radius 1 is 0.313 bits per heavy atom. The summed E-state index contributed by atoms with van der Waals surface area (Å²) in [6.45, 7) is 7.80. The van der Waals surface area contributed by atoms with Gasteiger partial charge >= 0.3 is 0 Å². The van der Waals surface area contributed by atoms with E-state index >= 15 is 0 Å². The molecule has 0 saturated heterocycles. The number of aryl methyl sites for hydroxylation is 6. The number of anilines is 2. The number of ether oxygens (including phenoxy) is 8. The monoisotopic (exact) mass is 1300 g/mol. The molecule has 0 aliphatic heterocycles. The highest BCUT2D eigenvalue weighted by atomic mass is 35.5. The lowest BCUT2D eigenvalue weighted by Crippen LogP contribution is -2.43. The van der Waals surface area contributed by atoms with Crippen LogP contribution < -0.4 is 30.4 Å². The predicted octanol–water partition coefficient (Wildman–Crippen LogP) is 12.1. The van der Waals surface area contributed by atoms with Gasteiger partial charge in [-0.15, -0.1) is 0 Å². The molecule has 0 aromatic heterocycles. The van der Waals surface area contributed by atoms with Crippen LogP contribution in [0.15, 0.2) is 60.7 Å². The van der Waals surface area contributed by atoms with Gasteiger partial charge in [0.2, 0.25) is 0 Å². The van der Waals surface area contributed by atoms with Gasteiger partial charge in [0, 0.05) is 11.4 Å². The van der Waals surface area contributed by atoms with Gasteiger partial charge in [-0.2, -0.15) is 0 Å². The topological polar surface area (TPSA) is 262 Å². The van der Waals surface area contributed by atoms with Gasteiger partial charge < -0.3 is 49.4 Å². The number of rotatable bonds is 32. The van der Waals surface area contributed by atoms with Crippen molar-refractivity contribution in [1.29, 1.82) is 0 Å². The Kier molecular flexibility index (Phi) is 28.0. The maximum absolute atomic E-state index is 12.3. The first-order chi connectivity index (χ1) is 39.1. The summed E-state index contributed by atoms with van der Waals surface area (Å²) in [6, 6.07) is 15.2. The third kappa shape index (κ3) is 20.9. The smallest absolute Gasteiger partial charge is 0.256 e. The van der Waals surface area contributed by atoms with Crippen LogP contribution in [0.2, 0.25) is 0 Å². The zero-order valence-electron chi connectivity index (χ0n) is 45.5. The van der Waals surface area contributed by atoms with Crippen LogP contribution in [0.4, 0.5) is 11.4 Å². The number of carbonyl (C=O) groups is 8. The normalized spacial score (nSPS) is 11.1. The third-order valence-electron chi connectivity index (χ3n) is 11.8. The van der Waals surface area contributed by atoms with Crippen molar-refractivity contribution in [2.75, 3.05) is 90.7 Å². The van der Waals surface area contributed by atoms with E-state index in [9.17, 15) is 38.4 Å². The van der Waals surface area contributed by atoms with E-state index in [0.717, 1.165) is 22.5 Å². The molecule has 0 aliphatic rings. The van der Waals surface area contributed by atoms with Crippen molar-refractivity contribution < 1.29 is 76.3 Å². The molecule has 0 aliphatic carbocycles. The van der Waals surface area contributed by atoms with Crippen LogP contribution in [0.3, 0.4) is 0 Å². The van der Waals surface area contributed by atoms with Gasteiger partial charge in [0.05, 0.1) is 103 Å². The molecular weight excluding hydrogens is 1250 g/mol. The fraction of sp³-hybridized carbons (Fsp3) is 0.333. The van der Waals surface area contributed by atoms with Crippen LogP contribution in [-0.4, -0.2) is 121 Å². The number of hydrogen-bond donors (Lipinski definition) is 2. The molecule has 5 aromatic carbocycles. The van der Waals surface area contributed by atoms with Crippen molar-refractivity contribution in [2.24, 2.45) is 5.41 Å². The zero-order valence-corrected chi connectivity index (χ0v) is 51.5. The third-order valence-corrected chi connectivity index (χ3v) is 13.4. The number of nitrogens with two attached hydrogens (primary N) is 2. The van der Waals surface area contributed by atoms with Crippen LogP contribution in [0.5, 0.6) is 23.0 Å². The molecule has 446 valence electrons. The van der Waals surface area contributed by atoms with Gasteiger partial charge in [0.1, 0.15) is 49.4 Å². The maximum Gasteiger partial charge on any atom is 0.256 e. The summed E-state index contributed by atoms with van der Waals surface area (Å²) in [5, 5.41) is -7.25. The molecule has 0 heterocycles. The second-order valence-electron chi connectivity index (χ2n) is 18.6. The summed E-state index contributed by atoms with van der Waals surface area (Å²) in [5.74, 6) is -0.665. The van der Waals surface area contributed by atoms with E-state index in [2.05, 4.69) is 0 Å². The molecule has 83 heavy (non-hydrogen) atoms. The summed E-state index contributed by atoms with van der Waals surface area (Å²) in [4.78, 5) is 98.6. The Morgan fingerprint density at radius 2 is 0.494 bits per heavy atom. The van der Waals surface area contributed by atoms with Gasteiger partial charge in [0.15, 0.2) is 0 Å². The first kappa shape index (κ1) is 69.9. The highest BCUT2D eigenvalue weighted by Gasteiger charge is 2.34. The van der Waals surface area contributed by atoms with Crippen LogP contribution >= 0.6 is 92.8 Å². The molecular formula is C57H56Cl8N2O16. The minimum Gasteiger partial charge on any atom is -0.490 e. The van der Waals surface area contributed by atoms with Gasteiger partial charge in [-0.05, 0) is 222 Å². The van der Waals surface area contributed by atoms with E-state index < -0.39 is 47.4 Å². The number of benzene rings is 5. The van der Waals surface area contributed by atoms with Gasteiger partial charge in [-0.1, -0.05) is 6.07 Å². The summed E-state index contributed by atoms with van der Waals surface area (Å²) in [6.07, 6.45) is 0. The van der Waals surface area contributed by atoms with Gasteiger partial charge in [-0.3, -0.25) is 38.4 Å². The van der Waals surface area contributed by atoms with E-state index in [0.29, 0.717) is 22.3 Å². The standard InChI is InChI=1S/C49H44Cl8O16.C8H12N2/c1-25-13-29(41(50)58)37(30(14-25)42(51)59)70-9-5-66-21-49(22-67-6-10-71-38-31(43(52)60)15-26(2)16-32(38)44(53)61,23-68-7-11-72-39-33(45(54)62)17-27(3)18-34(39)46(55)63)24-69-8-12-73-40-35(47(56)64)19-28(4)20-36(40)48(57)65;1-5-3-6(2)8(10)4-7(5)9/h13-20H,5-12,21-24H2,1-4H3;3-4H,9-10H2,1-2H3. The Hall–Kier alpha value is -5.58. The Morgan fingerprint density at radius 3 is 0.651 bits per heavy atom. The summed E-state index contributed by atoms with van der Waals surface area (Å²) < 4.78 is 47.7. The molecule has 5 aromatic rings. The molecule has 0 radical (unpaired) electrons. The first-order valence-corrected chi connectivity index (χ1v) is 27.7. The lowest BCUT2D eigenvalue weighted by Gasteiger charge is -2.33. The molecule has 0 atom stereocenters. The molecule has 0 bridgehead atoms. The SMILES string of the molecule is Cc1cc(C(=O)Cl)c(OCCOCC(COCCOc2c(C(=O)Cl)cc(C)cc2C(=O)Cl)(COCCOc2c(C(=O)Cl)cc(C)cc2C(=O)Cl)COCCOc2c(C(=O)Cl)cc(C)cc2C(=O)Cl)c(C(=O)Cl)c1.Cc1cc(C)c(N)cc1N. The summed E-state index contributed by atoms with van der Waals surface area (Å²) >= 11 is 46.6. The van der Waals surface area contributed by atoms with Crippen LogP contribution in [0.25, 0.3) is 0 Å². The predicted molar refractivity (Wildman–Crippen MR) is 319 cm³/mol. The first-order valence-electron chi connectivity index (χ1n) is 24.7. The summed E-state index contributed by atoms with van der Waals surface area (Å²) in [7, 11) is 0. The lowest BCUT2D eigenvalue weighted by molar-refractivity contribution is -0.113. The number of hydrogen-bond acceptors (Lipinski definition) is 18. The molecule has 4 N–H and O–H groups in total. The van der Waals surface area contributed by atoms with Crippen molar-refractivity contribution in [3.63, 3.8) is 0 Å². The molecule has 26 heteroatoms. The fourth-order valence-electron chi connectivity index (χ4n) is 7.98. The van der Waals surface area contributed by atoms with Crippen LogP contribution in [0, 0.1) is 47.0 Å². The molecule has 5 rings (SSSR count). The Bertz CT molecular complexity index is 2700. The second-order valence-corrected chi connectivity index (χ2v) is 21.4. The minimum atomic E-state index is -1.28. The maximum atomic E-state index is 12.3. The number of carbonyl (C=O) groups excluding carboxylic acids is 8. The van der Waals surface area contributed by atoms with Crippen molar-refractivity contribution in [3.8, 4) is 23.0 Å². The van der Waals surface area contributed by atoms with Gasteiger partial charge in [-0.25, -0.2) is 0 Å². The molecule has 18 nitrogen and oxygen atoms in total. The highest BCUT2D eigenvalue weighted by Crippen LogP contribution is 2.34. The van der Waals surface area contributed by atoms with Crippen LogP contribution in [-0.2, 0) is 18.9 Å². The minimum absolute atomic E-state index is 0.107. The highest BCUT2D eigenvalue weighted by molar-refractivity contribution is 6.72. The van der Waals surface area contributed by atoms with E-state index in [4.69, 9.17) is 142 Å². The van der Waals surface area contributed by atoms with Crippen molar-refractivity contribution in [1.82, 2.24) is 0 Å². The molecule has 0 unspecified atom stereocenters. The van der Waals surface area contributed by atoms with Crippen molar-refractivity contribution >= 4 is 146 Å². The zero-order chi connectivity index (χ0) is 61.9. The van der Waals surface area contributed by atoms with E-state index in [1.807, 2.05) is 19.9 Å². The second kappa shape index (κ2) is 33.2. The summed E-state index contributed by atoms with van der Waals surface area (Å²) in [5.41, 5.74) is 14.9. The van der Waals surface area contributed by atoms with Crippen LogP contribution in [0.1, 0.15) is 116 Å². The van der Waals surface area contributed by atoms with Crippen molar-refractivity contribution in [3.05, 3.63) is 139 Å². The quantitative estimate of drug-likeness (QED) is 0.0230. The average molecular weight is 1310 g/mol. The fourth-order valence-corrected chi connectivity index (χ4v) is 9.11. The van der Waals surface area contributed by atoms with E-state index in [-0.39, 0.29) is 147 Å². The van der Waals surface area contributed by atoms with Crippen molar-refractivity contribution in [2.45, 2.75) is 41.5 Å². The average Bonchev–Trinajstić information content (AvgIpc) is 3.62. The Balaban J connectivity index is 0.00000133. The Labute approximate surface area is 518 Å². The largest absolute Gasteiger partial charge is 0.490 e.